The van der Waals surface area contributed by atoms with E-state index in [1.54, 1.807) is 0 Å². The van der Waals surface area contributed by atoms with E-state index in [2.05, 4.69) is 15.9 Å². The minimum Gasteiger partial charge on any atom is -0.477 e. The number of carboxylic acids is 1. The Hall–Kier alpha value is -1.07. The lowest BCUT2D eigenvalue weighted by atomic mass is 10.2. The van der Waals surface area contributed by atoms with Gasteiger partial charge in [-0.25, -0.2) is 4.79 Å². The van der Waals surface area contributed by atoms with Gasteiger partial charge in [-0.05, 0) is 22.0 Å². The second-order valence-electron chi connectivity index (χ2n) is 3.60. The van der Waals surface area contributed by atoms with Crippen LogP contribution in [0.15, 0.2) is 22.7 Å². The molecule has 2 aromatic rings. The van der Waals surface area contributed by atoms with Gasteiger partial charge in [-0.3, -0.25) is 0 Å². The quantitative estimate of drug-likeness (QED) is 0.923. The molecule has 0 bridgehead atoms. The molecule has 1 heterocycles. The van der Waals surface area contributed by atoms with E-state index in [1.165, 1.54) is 11.3 Å². The first kappa shape index (κ1) is 11.4. The summed E-state index contributed by atoms with van der Waals surface area (Å²) < 4.78 is 1.91. The Labute approximate surface area is 105 Å². The van der Waals surface area contributed by atoms with Crippen molar-refractivity contribution in [3.63, 3.8) is 0 Å². The molecule has 0 aliphatic rings. The highest BCUT2D eigenvalue weighted by Gasteiger charge is 2.20. The molecule has 0 atom stereocenters. The summed E-state index contributed by atoms with van der Waals surface area (Å²) in [6.45, 7) is 0. The number of rotatable bonds is 2. The molecule has 16 heavy (non-hydrogen) atoms. The number of benzene rings is 1. The minimum atomic E-state index is -0.878. The number of hydrogen-bond acceptors (Lipinski definition) is 3. The van der Waals surface area contributed by atoms with Crippen LogP contribution in [-0.4, -0.2) is 25.2 Å². The van der Waals surface area contributed by atoms with Crippen LogP contribution >= 0.6 is 27.3 Å². The topological polar surface area (TPSA) is 40.5 Å². The molecule has 84 valence electrons. The van der Waals surface area contributed by atoms with Crippen LogP contribution in [0.4, 0.5) is 5.69 Å². The molecule has 0 saturated carbocycles. The van der Waals surface area contributed by atoms with Crippen molar-refractivity contribution in [3.05, 3.63) is 27.5 Å². The van der Waals surface area contributed by atoms with E-state index >= 15 is 0 Å². The summed E-state index contributed by atoms with van der Waals surface area (Å²) in [5, 5.41) is 10.1. The number of anilines is 1. The zero-order valence-corrected chi connectivity index (χ0v) is 11.2. The van der Waals surface area contributed by atoms with E-state index in [0.717, 1.165) is 20.2 Å². The van der Waals surface area contributed by atoms with Crippen LogP contribution in [0.25, 0.3) is 10.1 Å². The van der Waals surface area contributed by atoms with Gasteiger partial charge in [0.05, 0.1) is 10.4 Å². The number of thiophene rings is 1. The average Bonchev–Trinajstić information content (AvgIpc) is 2.58. The molecule has 5 heteroatoms. The van der Waals surface area contributed by atoms with Crippen LogP contribution in [0.3, 0.4) is 0 Å². The normalized spacial score (nSPS) is 10.7. The summed E-state index contributed by atoms with van der Waals surface area (Å²) in [6.07, 6.45) is 0. The third kappa shape index (κ3) is 1.70. The SMILES string of the molecule is CN(C)c1c(C(=O)O)sc2c(Br)cccc12. The van der Waals surface area contributed by atoms with Crippen molar-refractivity contribution in [2.45, 2.75) is 0 Å². The molecule has 0 spiro atoms. The molecule has 1 aromatic carbocycles. The van der Waals surface area contributed by atoms with Gasteiger partial charge in [0.25, 0.3) is 0 Å². The number of carbonyl (C=O) groups is 1. The maximum Gasteiger partial charge on any atom is 0.348 e. The minimum absolute atomic E-state index is 0.381. The Morgan fingerprint density at radius 1 is 1.44 bits per heavy atom. The summed E-state index contributed by atoms with van der Waals surface area (Å²) in [6, 6.07) is 5.78. The summed E-state index contributed by atoms with van der Waals surface area (Å²) in [5.41, 5.74) is 0.772. The summed E-state index contributed by atoms with van der Waals surface area (Å²) in [7, 11) is 3.71. The van der Waals surface area contributed by atoms with Crippen molar-refractivity contribution in [2.24, 2.45) is 0 Å². The molecule has 2 rings (SSSR count). The number of aromatic carboxylic acids is 1. The molecule has 0 saturated heterocycles. The van der Waals surface area contributed by atoms with Crippen LogP contribution in [0.5, 0.6) is 0 Å². The molecular weight excluding hydrogens is 290 g/mol. The van der Waals surface area contributed by atoms with Crippen LogP contribution in [0, 0.1) is 0 Å². The lowest BCUT2D eigenvalue weighted by Crippen LogP contribution is -2.11. The Bertz CT molecular complexity index is 562. The smallest absolute Gasteiger partial charge is 0.348 e. The van der Waals surface area contributed by atoms with Crippen LogP contribution in [0.1, 0.15) is 9.67 Å². The molecule has 0 fully saturated rings. The van der Waals surface area contributed by atoms with Crippen molar-refractivity contribution in [3.8, 4) is 0 Å². The Morgan fingerprint density at radius 2 is 2.12 bits per heavy atom. The van der Waals surface area contributed by atoms with Gasteiger partial charge in [-0.1, -0.05) is 12.1 Å². The molecule has 0 aliphatic heterocycles. The molecule has 0 radical (unpaired) electrons. The highest BCUT2D eigenvalue weighted by atomic mass is 79.9. The Morgan fingerprint density at radius 3 is 2.69 bits per heavy atom. The van der Waals surface area contributed by atoms with Gasteiger partial charge < -0.3 is 10.0 Å². The standard InChI is InChI=1S/C11H10BrNO2S/c1-13(2)8-6-4-3-5-7(12)9(6)16-10(8)11(14)15/h3-5H,1-2H3,(H,14,15). The molecule has 1 N–H and O–H groups in total. The van der Waals surface area contributed by atoms with Gasteiger partial charge in [-0.15, -0.1) is 11.3 Å². The van der Waals surface area contributed by atoms with Gasteiger partial charge in [0.2, 0.25) is 0 Å². The molecule has 0 aliphatic carbocycles. The van der Waals surface area contributed by atoms with E-state index in [4.69, 9.17) is 0 Å². The zero-order valence-electron chi connectivity index (χ0n) is 8.82. The number of fused-ring (bicyclic) bond motifs is 1. The van der Waals surface area contributed by atoms with Gasteiger partial charge in [0, 0.05) is 24.0 Å². The van der Waals surface area contributed by atoms with E-state index < -0.39 is 5.97 Å². The molecule has 0 unspecified atom stereocenters. The number of halogens is 1. The van der Waals surface area contributed by atoms with E-state index in [1.807, 2.05) is 37.2 Å². The predicted octanol–water partition coefficient (Wildman–Crippen LogP) is 3.43. The molecular formula is C11H10BrNO2S. The van der Waals surface area contributed by atoms with Crippen LogP contribution in [0.2, 0.25) is 0 Å². The van der Waals surface area contributed by atoms with Crippen molar-refractivity contribution < 1.29 is 9.90 Å². The van der Waals surface area contributed by atoms with Crippen LogP contribution in [-0.2, 0) is 0 Å². The fraction of sp³-hybridized carbons (Fsp3) is 0.182. The lowest BCUT2D eigenvalue weighted by Gasteiger charge is -2.12. The fourth-order valence-electron chi connectivity index (χ4n) is 1.66. The molecule has 1 aromatic heterocycles. The van der Waals surface area contributed by atoms with Gasteiger partial charge in [0.1, 0.15) is 4.88 Å². The second-order valence-corrected chi connectivity index (χ2v) is 5.47. The number of nitrogens with zero attached hydrogens (tertiary/aromatic N) is 1. The average molecular weight is 300 g/mol. The van der Waals surface area contributed by atoms with Crippen LogP contribution < -0.4 is 4.90 Å². The fourth-order valence-corrected chi connectivity index (χ4v) is 3.39. The largest absolute Gasteiger partial charge is 0.477 e. The molecule has 0 amide bonds. The number of carboxylic acid groups (broad SMARTS) is 1. The third-order valence-corrected chi connectivity index (χ3v) is 4.42. The maximum absolute atomic E-state index is 11.2. The van der Waals surface area contributed by atoms with Crippen molar-refractivity contribution in [1.29, 1.82) is 0 Å². The summed E-state index contributed by atoms with van der Waals surface area (Å²) >= 11 is 4.74. The maximum atomic E-state index is 11.2. The molecule has 3 nitrogen and oxygen atoms in total. The zero-order chi connectivity index (χ0) is 11.9. The van der Waals surface area contributed by atoms with Crippen molar-refractivity contribution in [2.75, 3.05) is 19.0 Å². The van der Waals surface area contributed by atoms with E-state index in [-0.39, 0.29) is 0 Å². The highest BCUT2D eigenvalue weighted by molar-refractivity contribution is 9.10. The lowest BCUT2D eigenvalue weighted by molar-refractivity contribution is 0.0703. The van der Waals surface area contributed by atoms with Gasteiger partial charge in [-0.2, -0.15) is 0 Å². The Balaban J connectivity index is 2.86. The summed E-state index contributed by atoms with van der Waals surface area (Å²) in [4.78, 5) is 13.4. The second kappa shape index (κ2) is 4.07. The monoisotopic (exact) mass is 299 g/mol. The van der Waals surface area contributed by atoms with Gasteiger partial charge in [0.15, 0.2) is 0 Å². The van der Waals surface area contributed by atoms with E-state index in [9.17, 15) is 9.90 Å². The highest BCUT2D eigenvalue weighted by Crippen LogP contribution is 2.40. The first-order valence-corrected chi connectivity index (χ1v) is 6.25. The third-order valence-electron chi connectivity index (χ3n) is 2.28. The Kier molecular flexibility index (Phi) is 2.90. The predicted molar refractivity (Wildman–Crippen MR) is 70.8 cm³/mol. The van der Waals surface area contributed by atoms with Crippen molar-refractivity contribution >= 4 is 49.0 Å². The first-order valence-electron chi connectivity index (χ1n) is 4.64. The number of hydrogen-bond donors (Lipinski definition) is 1. The van der Waals surface area contributed by atoms with E-state index in [0.29, 0.717) is 4.88 Å². The van der Waals surface area contributed by atoms with Gasteiger partial charge >= 0.3 is 5.97 Å². The first-order chi connectivity index (χ1) is 7.52. The van der Waals surface area contributed by atoms with Crippen molar-refractivity contribution in [1.82, 2.24) is 0 Å². The summed E-state index contributed by atoms with van der Waals surface area (Å²) in [5.74, 6) is -0.878.